The third-order valence-electron chi connectivity index (χ3n) is 6.91. The molecule has 132 valence electrons. The number of hydrogen-bond donors (Lipinski definition) is 0. The third-order valence-corrected chi connectivity index (χ3v) is 7.76. The van der Waals surface area contributed by atoms with Crippen molar-refractivity contribution in [2.24, 2.45) is 17.8 Å². The van der Waals surface area contributed by atoms with Crippen LogP contribution < -0.4 is 0 Å². The van der Waals surface area contributed by atoms with Crippen LogP contribution in [0.15, 0.2) is 5.16 Å². The summed E-state index contributed by atoms with van der Waals surface area (Å²) in [4.78, 5) is 0. The average Bonchev–Trinajstić information content (AvgIpc) is 3.18. The highest BCUT2D eigenvalue weighted by Crippen LogP contribution is 2.60. The van der Waals surface area contributed by atoms with Gasteiger partial charge in [0.2, 0.25) is 0 Å². The topological polar surface area (TPSA) is 39.9 Å². The highest BCUT2D eigenvalue weighted by Gasteiger charge is 2.54. The van der Waals surface area contributed by atoms with Crippen LogP contribution in [-0.2, 0) is 16.7 Å². The van der Waals surface area contributed by atoms with Gasteiger partial charge in [-0.25, -0.2) is 0 Å². The minimum Gasteiger partial charge on any atom is -0.376 e. The second-order valence-corrected chi connectivity index (χ2v) is 9.91. The zero-order valence-corrected chi connectivity index (χ0v) is 15.6. The van der Waals surface area contributed by atoms with Crippen LogP contribution in [0, 0.1) is 17.8 Å². The molecule has 1 aromatic heterocycles. The van der Waals surface area contributed by atoms with Crippen molar-refractivity contribution in [2.45, 2.75) is 81.5 Å². The minimum atomic E-state index is 0.326. The van der Waals surface area contributed by atoms with Gasteiger partial charge in [0.05, 0.1) is 12.6 Å². The van der Waals surface area contributed by atoms with Gasteiger partial charge in [-0.1, -0.05) is 18.7 Å². The molecule has 4 nitrogen and oxygen atoms in total. The lowest BCUT2D eigenvalue weighted by molar-refractivity contribution is -0.0126. The van der Waals surface area contributed by atoms with Gasteiger partial charge in [0.15, 0.2) is 5.16 Å². The number of aromatic nitrogens is 3. The van der Waals surface area contributed by atoms with Crippen molar-refractivity contribution < 1.29 is 4.74 Å². The van der Waals surface area contributed by atoms with Gasteiger partial charge in [0.1, 0.15) is 5.82 Å². The molecule has 2 heterocycles. The highest BCUT2D eigenvalue weighted by atomic mass is 32.2. The monoisotopic (exact) mass is 347 g/mol. The Bertz CT molecular complexity index is 572. The van der Waals surface area contributed by atoms with E-state index in [1.807, 2.05) is 11.8 Å². The third kappa shape index (κ3) is 2.54. The molecule has 1 saturated heterocycles. The van der Waals surface area contributed by atoms with E-state index < -0.39 is 0 Å². The Balaban J connectivity index is 1.50. The predicted octanol–water partition coefficient (Wildman–Crippen LogP) is 4.04. The van der Waals surface area contributed by atoms with Gasteiger partial charge in [-0.3, -0.25) is 0 Å². The second-order valence-electron chi connectivity index (χ2n) is 8.68. The Kier molecular flexibility index (Phi) is 3.93. The predicted molar refractivity (Wildman–Crippen MR) is 95.2 cm³/mol. The number of rotatable bonds is 5. The Labute approximate surface area is 149 Å². The lowest BCUT2D eigenvalue weighted by Crippen LogP contribution is -2.50. The van der Waals surface area contributed by atoms with Gasteiger partial charge in [-0.2, -0.15) is 0 Å². The van der Waals surface area contributed by atoms with Crippen molar-refractivity contribution in [1.82, 2.24) is 14.8 Å². The molecule has 0 N–H and O–H groups in total. The van der Waals surface area contributed by atoms with Crippen molar-refractivity contribution in [3.63, 3.8) is 0 Å². The number of thioether (sulfide) groups is 1. The van der Waals surface area contributed by atoms with Gasteiger partial charge in [0.25, 0.3) is 0 Å². The molecule has 1 atom stereocenters. The summed E-state index contributed by atoms with van der Waals surface area (Å²) in [5.74, 6) is 5.22. The average molecular weight is 348 g/mol. The summed E-state index contributed by atoms with van der Waals surface area (Å²) in [6, 6.07) is 0. The molecule has 1 aromatic rings. The zero-order valence-electron chi connectivity index (χ0n) is 14.7. The molecular weight excluding hydrogens is 318 g/mol. The molecule has 5 fully saturated rings. The van der Waals surface area contributed by atoms with Crippen molar-refractivity contribution >= 4 is 11.8 Å². The van der Waals surface area contributed by atoms with E-state index in [-0.39, 0.29) is 0 Å². The maximum Gasteiger partial charge on any atom is 0.191 e. The normalized spacial score (nSPS) is 40.5. The Hall–Kier alpha value is -0.550. The molecule has 5 aliphatic rings. The molecule has 1 aliphatic heterocycles. The fourth-order valence-corrected chi connectivity index (χ4v) is 7.13. The first-order valence-electron chi connectivity index (χ1n) is 9.94. The van der Waals surface area contributed by atoms with E-state index in [4.69, 9.17) is 9.84 Å². The van der Waals surface area contributed by atoms with E-state index in [2.05, 4.69) is 16.6 Å². The molecule has 0 spiro atoms. The standard InChI is InChI=1S/C19H29N3OS/c1-2-24-18-21-20-17(22(18)12-16-4-3-5-23-16)19-9-13-6-14(10-19)8-15(7-13)11-19/h13-16H,2-12H2,1H3. The fraction of sp³-hybridized carbons (Fsp3) is 0.895. The van der Waals surface area contributed by atoms with Crippen LogP contribution in [0.2, 0.25) is 0 Å². The van der Waals surface area contributed by atoms with Crippen molar-refractivity contribution in [2.75, 3.05) is 12.4 Å². The summed E-state index contributed by atoms with van der Waals surface area (Å²) < 4.78 is 8.42. The Morgan fingerprint density at radius 1 is 1.12 bits per heavy atom. The molecule has 0 radical (unpaired) electrons. The van der Waals surface area contributed by atoms with E-state index in [9.17, 15) is 0 Å². The number of ether oxygens (including phenoxy) is 1. The van der Waals surface area contributed by atoms with E-state index in [1.165, 1.54) is 57.2 Å². The van der Waals surface area contributed by atoms with Crippen molar-refractivity contribution in [1.29, 1.82) is 0 Å². The van der Waals surface area contributed by atoms with Gasteiger partial charge >= 0.3 is 0 Å². The first-order chi connectivity index (χ1) is 11.8. The molecule has 0 amide bonds. The Morgan fingerprint density at radius 3 is 2.42 bits per heavy atom. The van der Waals surface area contributed by atoms with E-state index in [1.54, 1.807) is 0 Å². The van der Waals surface area contributed by atoms with Crippen LogP contribution in [-0.4, -0.2) is 33.2 Å². The SMILES string of the molecule is CCSc1nnc(C23CC4CC(CC(C4)C2)C3)n1CC1CCCO1. The van der Waals surface area contributed by atoms with Gasteiger partial charge < -0.3 is 9.30 Å². The summed E-state index contributed by atoms with van der Waals surface area (Å²) in [6.45, 7) is 4.10. The van der Waals surface area contributed by atoms with Crippen LogP contribution in [0.25, 0.3) is 0 Å². The Morgan fingerprint density at radius 2 is 1.83 bits per heavy atom. The van der Waals surface area contributed by atoms with Crippen LogP contribution >= 0.6 is 11.8 Å². The maximum atomic E-state index is 5.95. The molecule has 5 heteroatoms. The molecule has 6 rings (SSSR count). The molecule has 24 heavy (non-hydrogen) atoms. The molecule has 4 saturated carbocycles. The van der Waals surface area contributed by atoms with Crippen LogP contribution in [0.5, 0.6) is 0 Å². The van der Waals surface area contributed by atoms with E-state index >= 15 is 0 Å². The van der Waals surface area contributed by atoms with Crippen LogP contribution in [0.3, 0.4) is 0 Å². The fourth-order valence-electron chi connectivity index (χ4n) is 6.46. The summed E-state index contributed by atoms with van der Waals surface area (Å²) in [6.07, 6.45) is 11.3. The van der Waals surface area contributed by atoms with E-state index in [0.29, 0.717) is 11.5 Å². The first kappa shape index (κ1) is 15.7. The first-order valence-corrected chi connectivity index (χ1v) is 10.9. The van der Waals surface area contributed by atoms with Gasteiger partial charge in [0, 0.05) is 12.0 Å². The van der Waals surface area contributed by atoms with Crippen LogP contribution in [0.4, 0.5) is 0 Å². The van der Waals surface area contributed by atoms with Gasteiger partial charge in [-0.05, 0) is 74.9 Å². The highest BCUT2D eigenvalue weighted by molar-refractivity contribution is 7.99. The summed E-state index contributed by atoms with van der Waals surface area (Å²) in [5.41, 5.74) is 0.326. The lowest BCUT2D eigenvalue weighted by Gasteiger charge is -2.56. The summed E-state index contributed by atoms with van der Waals surface area (Å²) >= 11 is 1.84. The molecule has 0 aromatic carbocycles. The summed E-state index contributed by atoms with van der Waals surface area (Å²) in [5, 5.41) is 10.6. The molecule has 4 bridgehead atoms. The quantitative estimate of drug-likeness (QED) is 0.754. The number of nitrogens with zero attached hydrogens (tertiary/aromatic N) is 3. The maximum absolute atomic E-state index is 5.95. The second kappa shape index (κ2) is 6.01. The number of hydrogen-bond acceptors (Lipinski definition) is 4. The van der Waals surface area contributed by atoms with E-state index in [0.717, 1.165) is 41.8 Å². The van der Waals surface area contributed by atoms with Crippen LogP contribution in [0.1, 0.15) is 64.1 Å². The van der Waals surface area contributed by atoms with Gasteiger partial charge in [-0.15, -0.1) is 10.2 Å². The smallest absolute Gasteiger partial charge is 0.191 e. The lowest BCUT2D eigenvalue weighted by atomic mass is 9.49. The largest absolute Gasteiger partial charge is 0.376 e. The molecular formula is C19H29N3OS. The van der Waals surface area contributed by atoms with Crippen molar-refractivity contribution in [3.8, 4) is 0 Å². The minimum absolute atomic E-state index is 0.326. The molecule has 4 aliphatic carbocycles. The van der Waals surface area contributed by atoms with Crippen molar-refractivity contribution in [3.05, 3.63) is 5.82 Å². The zero-order chi connectivity index (χ0) is 16.1. The summed E-state index contributed by atoms with van der Waals surface area (Å²) in [7, 11) is 0. The molecule has 1 unspecified atom stereocenters.